The molecule has 0 aromatic carbocycles. The molecule has 0 heterocycles. The maximum Gasteiger partial charge on any atom is -0.00844 e. The highest BCUT2D eigenvalue weighted by molar-refractivity contribution is 5.35. The molecule has 4 aliphatic rings. The van der Waals surface area contributed by atoms with Crippen molar-refractivity contribution < 1.29 is 0 Å². The Balaban J connectivity index is 2.11. The Hall–Kier alpha value is -0.260. The lowest BCUT2D eigenvalue weighted by atomic mass is 9.21. The highest BCUT2D eigenvalue weighted by Gasteiger charge is 2.78. The fraction of sp³-hybridized carbons (Fsp3) is 0.882. The van der Waals surface area contributed by atoms with E-state index in [2.05, 4.69) is 41.2 Å². The summed E-state index contributed by atoms with van der Waals surface area (Å²) < 4.78 is 0. The van der Waals surface area contributed by atoms with Crippen molar-refractivity contribution in [3.05, 3.63) is 12.2 Å². The van der Waals surface area contributed by atoms with Gasteiger partial charge in [0.15, 0.2) is 0 Å². The fourth-order valence-corrected chi connectivity index (χ4v) is 6.65. The quantitative estimate of drug-likeness (QED) is 0.555. The highest BCUT2D eigenvalue weighted by atomic mass is 14.8. The van der Waals surface area contributed by atoms with Gasteiger partial charge in [0.2, 0.25) is 0 Å². The molecule has 4 fully saturated rings. The summed E-state index contributed by atoms with van der Waals surface area (Å²) in [5, 5.41) is 0. The van der Waals surface area contributed by atoms with E-state index in [-0.39, 0.29) is 0 Å². The van der Waals surface area contributed by atoms with Crippen LogP contribution in [-0.2, 0) is 0 Å². The molecule has 4 saturated carbocycles. The number of hydrogen-bond acceptors (Lipinski definition) is 0. The summed E-state index contributed by atoms with van der Waals surface area (Å²) in [7, 11) is 0. The summed E-state index contributed by atoms with van der Waals surface area (Å²) in [6, 6.07) is 0. The van der Waals surface area contributed by atoms with Gasteiger partial charge in [-0.05, 0) is 59.7 Å². The molecule has 0 saturated heterocycles. The van der Waals surface area contributed by atoms with Gasteiger partial charge in [0.1, 0.15) is 0 Å². The molecule has 0 amide bonds. The average molecular weight is 232 g/mol. The molecule has 0 N–H and O–H groups in total. The molecule has 0 radical (unpaired) electrons. The molecular formula is C17H28. The summed E-state index contributed by atoms with van der Waals surface area (Å²) in [4.78, 5) is 0. The van der Waals surface area contributed by atoms with E-state index >= 15 is 0 Å². The number of fused-ring (bicyclic) bond motifs is 2. The minimum Gasteiger partial charge on any atom is -0.0995 e. The molecule has 17 heavy (non-hydrogen) atoms. The lowest BCUT2D eigenvalue weighted by Crippen LogP contribution is -2.77. The van der Waals surface area contributed by atoms with Gasteiger partial charge >= 0.3 is 0 Å². The first-order chi connectivity index (χ1) is 7.79. The number of allylic oxidation sites excluding steroid dienone is 1. The van der Waals surface area contributed by atoms with E-state index in [1.54, 1.807) is 5.57 Å². The lowest BCUT2D eigenvalue weighted by Gasteiger charge is -2.83. The van der Waals surface area contributed by atoms with Crippen molar-refractivity contribution in [2.24, 2.45) is 34.0 Å². The van der Waals surface area contributed by atoms with Crippen molar-refractivity contribution >= 4 is 0 Å². The first-order valence-corrected chi connectivity index (χ1v) is 7.47. The number of rotatable bonds is 1. The third kappa shape index (κ3) is 0.956. The van der Waals surface area contributed by atoms with Gasteiger partial charge in [-0.15, -0.1) is 0 Å². The lowest BCUT2D eigenvalue weighted by molar-refractivity contribution is -0.324. The van der Waals surface area contributed by atoms with Crippen LogP contribution in [0.4, 0.5) is 0 Å². The van der Waals surface area contributed by atoms with Crippen molar-refractivity contribution in [3.8, 4) is 0 Å². The summed E-state index contributed by atoms with van der Waals surface area (Å²) in [5.74, 6) is 2.56. The second-order valence-corrected chi connectivity index (χ2v) is 8.01. The fourth-order valence-electron chi connectivity index (χ4n) is 6.65. The normalized spacial score (nSPS) is 56.9. The molecule has 4 rings (SSSR count). The van der Waals surface area contributed by atoms with Crippen LogP contribution in [0.5, 0.6) is 0 Å². The van der Waals surface area contributed by atoms with Crippen molar-refractivity contribution in [3.63, 3.8) is 0 Å². The Bertz CT molecular complexity index is 379. The largest absolute Gasteiger partial charge is 0.0995 e. The maximum absolute atomic E-state index is 4.43. The molecule has 0 aliphatic heterocycles. The van der Waals surface area contributed by atoms with Gasteiger partial charge in [0, 0.05) is 0 Å². The Morgan fingerprint density at radius 2 is 1.82 bits per heavy atom. The molecular weight excluding hydrogens is 204 g/mol. The van der Waals surface area contributed by atoms with Gasteiger partial charge in [0.05, 0.1) is 0 Å². The van der Waals surface area contributed by atoms with Crippen LogP contribution in [0.25, 0.3) is 0 Å². The predicted octanol–water partition coefficient (Wildman–Crippen LogP) is 5.05. The van der Waals surface area contributed by atoms with Gasteiger partial charge in [-0.3, -0.25) is 0 Å². The first-order valence-electron chi connectivity index (χ1n) is 7.47. The Morgan fingerprint density at radius 3 is 2.41 bits per heavy atom. The molecule has 4 bridgehead atoms. The minimum absolute atomic E-state index is 0.545. The van der Waals surface area contributed by atoms with Crippen LogP contribution in [0.3, 0.4) is 0 Å². The minimum atomic E-state index is 0.545. The van der Waals surface area contributed by atoms with Crippen molar-refractivity contribution in [2.45, 2.75) is 60.3 Å². The Kier molecular flexibility index (Phi) is 2.09. The van der Waals surface area contributed by atoms with Crippen LogP contribution in [0.2, 0.25) is 0 Å². The van der Waals surface area contributed by atoms with E-state index in [0.717, 1.165) is 17.8 Å². The van der Waals surface area contributed by atoms with E-state index in [4.69, 9.17) is 0 Å². The molecule has 5 atom stereocenters. The van der Waals surface area contributed by atoms with Crippen LogP contribution in [0.1, 0.15) is 60.3 Å². The molecule has 96 valence electrons. The summed E-state index contributed by atoms with van der Waals surface area (Å²) in [6.45, 7) is 17.0. The van der Waals surface area contributed by atoms with E-state index in [0.29, 0.717) is 16.2 Å². The molecule has 0 heteroatoms. The summed E-state index contributed by atoms with van der Waals surface area (Å²) >= 11 is 0. The van der Waals surface area contributed by atoms with E-state index in [1.165, 1.54) is 25.7 Å². The van der Waals surface area contributed by atoms with E-state index in [1.807, 2.05) is 0 Å². The monoisotopic (exact) mass is 232 g/mol. The van der Waals surface area contributed by atoms with Crippen molar-refractivity contribution in [2.75, 3.05) is 0 Å². The Morgan fingerprint density at radius 1 is 1.18 bits per heavy atom. The van der Waals surface area contributed by atoms with Crippen LogP contribution in [-0.4, -0.2) is 0 Å². The zero-order valence-corrected chi connectivity index (χ0v) is 12.3. The molecule has 0 spiro atoms. The zero-order chi connectivity index (χ0) is 12.6. The maximum atomic E-state index is 4.43. The van der Waals surface area contributed by atoms with Crippen LogP contribution in [0.15, 0.2) is 12.2 Å². The van der Waals surface area contributed by atoms with Gasteiger partial charge in [-0.1, -0.05) is 46.8 Å². The summed E-state index contributed by atoms with van der Waals surface area (Å²) in [6.07, 6.45) is 5.56. The van der Waals surface area contributed by atoms with Crippen LogP contribution < -0.4 is 0 Å². The standard InChI is InChI=1S/C17H28/c1-11(2)13-8-9-15(4)14-12(3)7-10-16(15,5)17(13,14)6/h11,13-14H,3,7-10H2,1-2,4-6H3/t13-,14-,15-,16+,17+/m1/s1. The van der Waals surface area contributed by atoms with Crippen molar-refractivity contribution in [1.82, 2.24) is 0 Å². The van der Waals surface area contributed by atoms with Gasteiger partial charge < -0.3 is 0 Å². The molecule has 0 aromatic rings. The van der Waals surface area contributed by atoms with E-state index in [9.17, 15) is 0 Å². The molecule has 0 nitrogen and oxygen atoms in total. The molecule has 0 aromatic heterocycles. The third-order valence-corrected chi connectivity index (χ3v) is 7.59. The van der Waals surface area contributed by atoms with Crippen molar-refractivity contribution in [1.29, 1.82) is 0 Å². The van der Waals surface area contributed by atoms with Gasteiger partial charge in [-0.2, -0.15) is 0 Å². The second-order valence-electron chi connectivity index (χ2n) is 8.01. The van der Waals surface area contributed by atoms with E-state index < -0.39 is 0 Å². The average Bonchev–Trinajstić information content (AvgIpc) is 2.22. The topological polar surface area (TPSA) is 0 Å². The van der Waals surface area contributed by atoms with Gasteiger partial charge in [-0.25, -0.2) is 0 Å². The molecule has 0 unspecified atom stereocenters. The van der Waals surface area contributed by atoms with Crippen LogP contribution in [0, 0.1) is 34.0 Å². The predicted molar refractivity (Wildman–Crippen MR) is 73.7 cm³/mol. The zero-order valence-electron chi connectivity index (χ0n) is 12.3. The third-order valence-electron chi connectivity index (χ3n) is 7.59. The summed E-state index contributed by atoms with van der Waals surface area (Å²) in [5.41, 5.74) is 3.27. The molecule has 4 aliphatic carbocycles. The van der Waals surface area contributed by atoms with Gasteiger partial charge in [0.25, 0.3) is 0 Å². The second kappa shape index (κ2) is 3.00. The SMILES string of the molecule is C=C1CC[C@]2(C)[C@@]3(C)[C@@H](C(C)C)CC[C@]2(C)[C@@H]13. The number of hydrogen-bond donors (Lipinski definition) is 0. The highest BCUT2D eigenvalue weighted by Crippen LogP contribution is 2.85. The smallest absolute Gasteiger partial charge is 0.00844 e. The Labute approximate surface area is 107 Å². The van der Waals surface area contributed by atoms with Crippen LogP contribution >= 0.6 is 0 Å². The first kappa shape index (κ1) is 11.8.